The van der Waals surface area contributed by atoms with Gasteiger partial charge in [-0.3, -0.25) is 4.79 Å². The molecule has 4 nitrogen and oxygen atoms in total. The number of hydrogen-bond donors (Lipinski definition) is 1. The fraction of sp³-hybridized carbons (Fsp3) is 0.0667. The Labute approximate surface area is 130 Å². The van der Waals surface area contributed by atoms with Crippen molar-refractivity contribution in [2.75, 3.05) is 11.9 Å². The van der Waals surface area contributed by atoms with E-state index in [1.54, 1.807) is 24.3 Å². The quantitative estimate of drug-likeness (QED) is 0.832. The van der Waals surface area contributed by atoms with Crippen molar-refractivity contribution in [3.05, 3.63) is 57.7 Å². The van der Waals surface area contributed by atoms with Crippen LogP contribution in [-0.2, 0) is 4.79 Å². The first-order chi connectivity index (χ1) is 9.67. The van der Waals surface area contributed by atoms with Crippen molar-refractivity contribution in [2.45, 2.75) is 0 Å². The fourth-order valence-corrected chi connectivity index (χ4v) is 1.86. The van der Waals surface area contributed by atoms with Crippen molar-refractivity contribution in [3.63, 3.8) is 0 Å². The first-order valence-electron chi connectivity index (χ1n) is 5.86. The molecule has 2 rings (SSSR count). The number of nitrogens with zero attached hydrogens (tertiary/aromatic N) is 1. The number of rotatable bonds is 4. The Bertz CT molecular complexity index is 630. The van der Waals surface area contributed by atoms with Crippen molar-refractivity contribution in [1.29, 1.82) is 5.26 Å². The Kier molecular flexibility index (Phi) is 4.96. The molecule has 0 aliphatic carbocycles. The van der Waals surface area contributed by atoms with Gasteiger partial charge in [-0.1, -0.05) is 0 Å². The molecular formula is C15H11IN2O2. The van der Waals surface area contributed by atoms with Crippen molar-refractivity contribution in [1.82, 2.24) is 0 Å². The van der Waals surface area contributed by atoms with Gasteiger partial charge in [-0.25, -0.2) is 0 Å². The third kappa shape index (κ3) is 4.24. The predicted octanol–water partition coefficient (Wildman–Crippen LogP) is 3.18. The normalized spacial score (nSPS) is 9.60. The third-order valence-corrected chi connectivity index (χ3v) is 3.20. The van der Waals surface area contributed by atoms with Crippen LogP contribution in [0.1, 0.15) is 5.56 Å². The van der Waals surface area contributed by atoms with Crippen molar-refractivity contribution in [3.8, 4) is 11.8 Å². The Morgan fingerprint density at radius 2 is 1.80 bits per heavy atom. The van der Waals surface area contributed by atoms with Crippen LogP contribution >= 0.6 is 22.6 Å². The summed E-state index contributed by atoms with van der Waals surface area (Å²) in [6, 6.07) is 16.1. The summed E-state index contributed by atoms with van der Waals surface area (Å²) in [4.78, 5) is 11.7. The lowest BCUT2D eigenvalue weighted by atomic mass is 10.2. The molecule has 20 heavy (non-hydrogen) atoms. The van der Waals surface area contributed by atoms with Gasteiger partial charge in [0.1, 0.15) is 5.75 Å². The molecule has 0 unspecified atom stereocenters. The number of anilines is 1. The van der Waals surface area contributed by atoms with E-state index in [0.29, 0.717) is 11.3 Å². The molecule has 0 aliphatic rings. The second-order valence-corrected chi connectivity index (χ2v) is 5.23. The highest BCUT2D eigenvalue weighted by Crippen LogP contribution is 2.13. The van der Waals surface area contributed by atoms with Crippen LogP contribution in [-0.4, -0.2) is 12.5 Å². The number of nitriles is 1. The molecule has 100 valence electrons. The molecule has 1 N–H and O–H groups in total. The molecule has 0 spiro atoms. The number of halogens is 1. The number of nitrogens with one attached hydrogen (secondary N) is 1. The van der Waals surface area contributed by atoms with Gasteiger partial charge in [-0.2, -0.15) is 5.26 Å². The van der Waals surface area contributed by atoms with Gasteiger partial charge in [0.05, 0.1) is 11.6 Å². The highest BCUT2D eigenvalue weighted by atomic mass is 127. The van der Waals surface area contributed by atoms with Gasteiger partial charge in [0.2, 0.25) is 0 Å². The summed E-state index contributed by atoms with van der Waals surface area (Å²) in [5.41, 5.74) is 1.29. The minimum atomic E-state index is -0.226. The van der Waals surface area contributed by atoms with E-state index in [9.17, 15) is 4.79 Å². The fourth-order valence-electron chi connectivity index (χ4n) is 1.50. The van der Waals surface area contributed by atoms with E-state index < -0.39 is 0 Å². The molecule has 2 aromatic rings. The summed E-state index contributed by atoms with van der Waals surface area (Å²) in [7, 11) is 0. The van der Waals surface area contributed by atoms with E-state index in [2.05, 4.69) is 27.9 Å². The first-order valence-corrected chi connectivity index (χ1v) is 6.93. The monoisotopic (exact) mass is 378 g/mol. The number of benzene rings is 2. The lowest BCUT2D eigenvalue weighted by Gasteiger charge is -2.07. The average Bonchev–Trinajstić information content (AvgIpc) is 2.48. The summed E-state index contributed by atoms with van der Waals surface area (Å²) in [6.07, 6.45) is 0. The van der Waals surface area contributed by atoms with E-state index in [-0.39, 0.29) is 12.5 Å². The Morgan fingerprint density at radius 3 is 2.40 bits per heavy atom. The molecule has 0 saturated carbocycles. The molecule has 0 radical (unpaired) electrons. The van der Waals surface area contributed by atoms with E-state index in [4.69, 9.17) is 10.00 Å². The molecule has 5 heteroatoms. The Balaban J connectivity index is 1.85. The third-order valence-electron chi connectivity index (χ3n) is 2.48. The van der Waals surface area contributed by atoms with E-state index in [1.807, 2.05) is 30.3 Å². The summed E-state index contributed by atoms with van der Waals surface area (Å²) in [5, 5.41) is 11.4. The van der Waals surface area contributed by atoms with Crippen LogP contribution in [0, 0.1) is 14.9 Å². The van der Waals surface area contributed by atoms with Gasteiger partial charge < -0.3 is 10.1 Å². The molecule has 2 aromatic carbocycles. The maximum atomic E-state index is 11.7. The molecular weight excluding hydrogens is 367 g/mol. The molecule has 0 heterocycles. The highest BCUT2D eigenvalue weighted by Gasteiger charge is 2.03. The summed E-state index contributed by atoms with van der Waals surface area (Å²) in [5.74, 6) is 0.331. The maximum Gasteiger partial charge on any atom is 0.262 e. The number of carbonyl (C=O) groups excluding carboxylic acids is 1. The molecule has 0 fully saturated rings. The second kappa shape index (κ2) is 6.91. The molecule has 0 bridgehead atoms. The van der Waals surface area contributed by atoms with Crippen LogP contribution < -0.4 is 10.1 Å². The highest BCUT2D eigenvalue weighted by molar-refractivity contribution is 14.1. The zero-order valence-corrected chi connectivity index (χ0v) is 12.6. The van der Waals surface area contributed by atoms with Crippen LogP contribution in [0.5, 0.6) is 5.75 Å². The second-order valence-electron chi connectivity index (χ2n) is 3.98. The lowest BCUT2D eigenvalue weighted by molar-refractivity contribution is -0.118. The van der Waals surface area contributed by atoms with Crippen LogP contribution in [0.2, 0.25) is 0 Å². The molecule has 0 atom stereocenters. The minimum absolute atomic E-state index is 0.0715. The van der Waals surface area contributed by atoms with E-state index in [1.165, 1.54) is 0 Å². The average molecular weight is 378 g/mol. The van der Waals surface area contributed by atoms with Gasteiger partial charge >= 0.3 is 0 Å². The number of ether oxygens (including phenoxy) is 1. The Morgan fingerprint density at radius 1 is 1.15 bits per heavy atom. The van der Waals surface area contributed by atoms with Crippen molar-refractivity contribution in [2.24, 2.45) is 0 Å². The predicted molar refractivity (Wildman–Crippen MR) is 84.4 cm³/mol. The maximum absolute atomic E-state index is 11.7. The Hall–Kier alpha value is -2.07. The van der Waals surface area contributed by atoms with Gasteiger partial charge in [0.25, 0.3) is 5.91 Å². The number of amides is 1. The number of hydrogen-bond acceptors (Lipinski definition) is 3. The van der Waals surface area contributed by atoms with E-state index >= 15 is 0 Å². The minimum Gasteiger partial charge on any atom is -0.484 e. The molecule has 1 amide bonds. The molecule has 0 aromatic heterocycles. The van der Waals surface area contributed by atoms with Gasteiger partial charge in [0, 0.05) is 9.26 Å². The van der Waals surface area contributed by atoms with Crippen LogP contribution in [0.3, 0.4) is 0 Å². The van der Waals surface area contributed by atoms with E-state index in [0.717, 1.165) is 9.26 Å². The summed E-state index contributed by atoms with van der Waals surface area (Å²) >= 11 is 2.20. The molecule has 0 aliphatic heterocycles. The standard InChI is InChI=1S/C15H11IN2O2/c16-12-3-5-13(6-4-12)18-15(19)10-20-14-7-1-11(9-17)2-8-14/h1-8H,10H2,(H,18,19). The SMILES string of the molecule is N#Cc1ccc(OCC(=O)Nc2ccc(I)cc2)cc1. The number of carbonyl (C=O) groups is 1. The zero-order valence-electron chi connectivity index (χ0n) is 10.5. The van der Waals surface area contributed by atoms with Gasteiger partial charge in [-0.15, -0.1) is 0 Å². The van der Waals surface area contributed by atoms with Crippen molar-refractivity contribution < 1.29 is 9.53 Å². The molecule has 0 saturated heterocycles. The first kappa shape index (κ1) is 14.3. The topological polar surface area (TPSA) is 62.1 Å². The van der Waals surface area contributed by atoms with Gasteiger partial charge in [-0.05, 0) is 71.1 Å². The van der Waals surface area contributed by atoms with Crippen molar-refractivity contribution >= 4 is 34.2 Å². The zero-order chi connectivity index (χ0) is 14.4. The summed E-state index contributed by atoms with van der Waals surface area (Å²) < 4.78 is 6.45. The van der Waals surface area contributed by atoms with Crippen LogP contribution in [0.4, 0.5) is 5.69 Å². The smallest absolute Gasteiger partial charge is 0.262 e. The largest absolute Gasteiger partial charge is 0.484 e. The van der Waals surface area contributed by atoms with Gasteiger partial charge in [0.15, 0.2) is 6.61 Å². The van der Waals surface area contributed by atoms with Crippen LogP contribution in [0.15, 0.2) is 48.5 Å². The van der Waals surface area contributed by atoms with Crippen LogP contribution in [0.25, 0.3) is 0 Å². The lowest BCUT2D eigenvalue weighted by Crippen LogP contribution is -2.20. The summed E-state index contributed by atoms with van der Waals surface area (Å²) in [6.45, 7) is -0.0715.